The summed E-state index contributed by atoms with van der Waals surface area (Å²) in [5.74, 6) is -0.149. The van der Waals surface area contributed by atoms with Gasteiger partial charge in [-0.15, -0.1) is 6.58 Å². The fourth-order valence-corrected chi connectivity index (χ4v) is 4.14. The van der Waals surface area contributed by atoms with Gasteiger partial charge in [0.15, 0.2) is 0 Å². The average molecular weight is 417 g/mol. The van der Waals surface area contributed by atoms with E-state index < -0.39 is 18.1 Å². The highest BCUT2D eigenvalue weighted by Gasteiger charge is 2.25. The van der Waals surface area contributed by atoms with Crippen LogP contribution in [0.3, 0.4) is 0 Å². The van der Waals surface area contributed by atoms with Gasteiger partial charge >= 0.3 is 0 Å². The molecule has 3 aromatic carbocycles. The van der Waals surface area contributed by atoms with E-state index in [0.29, 0.717) is 6.42 Å². The molecule has 3 nitrogen and oxygen atoms in total. The molecule has 0 aliphatic carbocycles. The van der Waals surface area contributed by atoms with E-state index in [1.807, 2.05) is 60.7 Å². The second kappa shape index (κ2) is 10.9. The maximum atomic E-state index is 10.8. The lowest BCUT2D eigenvalue weighted by Gasteiger charge is -2.25. The van der Waals surface area contributed by atoms with Crippen molar-refractivity contribution in [1.29, 1.82) is 0 Å². The molecule has 3 atom stereocenters. The summed E-state index contributed by atoms with van der Waals surface area (Å²) >= 11 is 0. The van der Waals surface area contributed by atoms with Crippen LogP contribution in [0.4, 0.5) is 0 Å². The van der Waals surface area contributed by atoms with Crippen molar-refractivity contribution in [3.05, 3.63) is 96.1 Å². The summed E-state index contributed by atoms with van der Waals surface area (Å²) in [6.45, 7) is 5.99. The zero-order chi connectivity index (χ0) is 22.2. The largest absolute Gasteiger partial charge is 0.507 e. The van der Waals surface area contributed by atoms with Crippen LogP contribution in [0.1, 0.15) is 49.8 Å². The van der Waals surface area contributed by atoms with E-state index in [9.17, 15) is 15.3 Å². The van der Waals surface area contributed by atoms with Gasteiger partial charge in [0, 0.05) is 11.3 Å². The third-order valence-corrected chi connectivity index (χ3v) is 5.85. The van der Waals surface area contributed by atoms with Gasteiger partial charge in [-0.1, -0.05) is 91.7 Å². The van der Waals surface area contributed by atoms with E-state index in [1.54, 1.807) is 12.1 Å². The number of aliphatic hydroxyl groups is 2. The maximum absolute atomic E-state index is 10.8. The SMILES string of the molecule is C=C[C@H]([C@H](O)CC/C(=C/c1ccc(O)c2ccccc12)CCC)[C@H](O)c1ccccc1. The normalized spacial score (nSPS) is 14.9. The number of hydrogen-bond donors (Lipinski definition) is 3. The number of hydrogen-bond acceptors (Lipinski definition) is 3. The lowest BCUT2D eigenvalue weighted by Crippen LogP contribution is -2.25. The van der Waals surface area contributed by atoms with Crippen LogP contribution in [-0.4, -0.2) is 21.4 Å². The van der Waals surface area contributed by atoms with Crippen molar-refractivity contribution in [1.82, 2.24) is 0 Å². The number of aliphatic hydroxyl groups excluding tert-OH is 2. The van der Waals surface area contributed by atoms with Gasteiger partial charge in [0.1, 0.15) is 5.75 Å². The molecule has 3 heteroatoms. The molecule has 162 valence electrons. The Morgan fingerprint density at radius 1 is 0.903 bits per heavy atom. The zero-order valence-corrected chi connectivity index (χ0v) is 18.1. The summed E-state index contributed by atoms with van der Waals surface area (Å²) in [5.41, 5.74) is 3.09. The van der Waals surface area contributed by atoms with Crippen molar-refractivity contribution in [2.24, 2.45) is 5.92 Å². The molecule has 0 unspecified atom stereocenters. The van der Waals surface area contributed by atoms with Crippen molar-refractivity contribution >= 4 is 16.8 Å². The first-order chi connectivity index (χ1) is 15.0. The summed E-state index contributed by atoms with van der Waals surface area (Å²) < 4.78 is 0. The van der Waals surface area contributed by atoms with Gasteiger partial charge in [-0.25, -0.2) is 0 Å². The molecule has 3 rings (SSSR count). The van der Waals surface area contributed by atoms with Crippen LogP contribution in [-0.2, 0) is 0 Å². The minimum Gasteiger partial charge on any atom is -0.507 e. The Bertz CT molecular complexity index is 1020. The van der Waals surface area contributed by atoms with Crippen LogP contribution in [0.5, 0.6) is 5.75 Å². The Hall–Kier alpha value is -2.88. The molecular formula is C28H32O3. The highest BCUT2D eigenvalue weighted by atomic mass is 16.3. The monoisotopic (exact) mass is 416 g/mol. The van der Waals surface area contributed by atoms with Gasteiger partial charge in [-0.2, -0.15) is 0 Å². The van der Waals surface area contributed by atoms with E-state index in [-0.39, 0.29) is 5.75 Å². The first kappa shape index (κ1) is 22.8. The number of phenols is 1. The van der Waals surface area contributed by atoms with Gasteiger partial charge in [0.2, 0.25) is 0 Å². The summed E-state index contributed by atoms with van der Waals surface area (Å²) in [6.07, 6.45) is 5.57. The van der Waals surface area contributed by atoms with Gasteiger partial charge in [0.25, 0.3) is 0 Å². The number of rotatable bonds is 10. The molecule has 0 radical (unpaired) electrons. The molecule has 0 saturated carbocycles. The Kier molecular flexibility index (Phi) is 8.05. The van der Waals surface area contributed by atoms with Crippen LogP contribution in [0.25, 0.3) is 16.8 Å². The Morgan fingerprint density at radius 2 is 1.58 bits per heavy atom. The molecule has 0 fully saturated rings. The first-order valence-corrected chi connectivity index (χ1v) is 11.0. The molecule has 0 saturated heterocycles. The summed E-state index contributed by atoms with van der Waals surface area (Å²) in [6, 6.07) is 20.9. The van der Waals surface area contributed by atoms with E-state index >= 15 is 0 Å². The zero-order valence-electron chi connectivity index (χ0n) is 18.1. The predicted octanol–water partition coefficient (Wildman–Crippen LogP) is 6.41. The van der Waals surface area contributed by atoms with Crippen LogP contribution >= 0.6 is 0 Å². The van der Waals surface area contributed by atoms with Crippen LogP contribution in [0, 0.1) is 5.92 Å². The highest BCUT2D eigenvalue weighted by Crippen LogP contribution is 2.32. The fraction of sp³-hybridized carbons (Fsp3) is 0.286. The molecule has 3 N–H and O–H groups in total. The average Bonchev–Trinajstić information content (AvgIpc) is 2.80. The lowest BCUT2D eigenvalue weighted by atomic mass is 9.87. The number of aromatic hydroxyl groups is 1. The number of phenolic OH excluding ortho intramolecular Hbond substituents is 1. The Morgan fingerprint density at radius 3 is 2.26 bits per heavy atom. The van der Waals surface area contributed by atoms with Crippen LogP contribution < -0.4 is 0 Å². The Labute approximate surface area is 185 Å². The van der Waals surface area contributed by atoms with E-state index in [2.05, 4.69) is 19.6 Å². The summed E-state index contributed by atoms with van der Waals surface area (Å²) in [4.78, 5) is 0. The third kappa shape index (κ3) is 5.63. The van der Waals surface area contributed by atoms with E-state index in [1.165, 1.54) is 5.57 Å². The van der Waals surface area contributed by atoms with Gasteiger partial charge < -0.3 is 15.3 Å². The Balaban J connectivity index is 1.77. The van der Waals surface area contributed by atoms with Gasteiger partial charge in [-0.3, -0.25) is 0 Å². The van der Waals surface area contributed by atoms with Crippen molar-refractivity contribution in [2.45, 2.75) is 44.8 Å². The third-order valence-electron chi connectivity index (χ3n) is 5.85. The molecule has 0 bridgehead atoms. The second-order valence-electron chi connectivity index (χ2n) is 8.05. The quantitative estimate of drug-likeness (QED) is 0.335. The number of fused-ring (bicyclic) bond motifs is 1. The fourth-order valence-electron chi connectivity index (χ4n) is 4.14. The molecule has 0 spiro atoms. The standard InChI is InChI=1S/C28H32O3/c1-3-10-20(19-22-16-18-27(30)25-14-9-8-13-24(22)25)15-17-26(29)23(4-2)28(31)21-11-6-5-7-12-21/h4-9,11-14,16,18-19,23,26,28-31H,2-3,10,15,17H2,1H3/b20-19+/t23-,26-,28-/m1/s1. The molecule has 3 aromatic rings. The van der Waals surface area contributed by atoms with E-state index in [0.717, 1.165) is 41.2 Å². The van der Waals surface area contributed by atoms with Crippen LogP contribution in [0.15, 0.2) is 85.0 Å². The summed E-state index contributed by atoms with van der Waals surface area (Å²) in [5, 5.41) is 33.6. The molecule has 0 aliphatic heterocycles. The molecule has 0 amide bonds. The minimum atomic E-state index is -0.784. The van der Waals surface area contributed by atoms with E-state index in [4.69, 9.17) is 0 Å². The molecule has 0 aromatic heterocycles. The number of allylic oxidation sites excluding steroid dienone is 1. The molecule has 31 heavy (non-hydrogen) atoms. The van der Waals surface area contributed by atoms with Crippen LogP contribution in [0.2, 0.25) is 0 Å². The minimum absolute atomic E-state index is 0.281. The number of benzene rings is 3. The smallest absolute Gasteiger partial charge is 0.123 e. The predicted molar refractivity (Wildman–Crippen MR) is 129 cm³/mol. The van der Waals surface area contributed by atoms with Crippen molar-refractivity contribution in [3.63, 3.8) is 0 Å². The topological polar surface area (TPSA) is 60.7 Å². The van der Waals surface area contributed by atoms with Crippen molar-refractivity contribution < 1.29 is 15.3 Å². The van der Waals surface area contributed by atoms with Crippen molar-refractivity contribution in [3.8, 4) is 5.75 Å². The lowest BCUT2D eigenvalue weighted by molar-refractivity contribution is 0.0318. The molecular weight excluding hydrogens is 384 g/mol. The maximum Gasteiger partial charge on any atom is 0.123 e. The van der Waals surface area contributed by atoms with Crippen molar-refractivity contribution in [2.75, 3.05) is 0 Å². The molecule has 0 aliphatic rings. The van der Waals surface area contributed by atoms with Gasteiger partial charge in [-0.05, 0) is 41.8 Å². The highest BCUT2D eigenvalue weighted by molar-refractivity contribution is 5.94. The first-order valence-electron chi connectivity index (χ1n) is 11.0. The molecule has 0 heterocycles. The van der Waals surface area contributed by atoms with Gasteiger partial charge in [0.05, 0.1) is 12.2 Å². The second-order valence-corrected chi connectivity index (χ2v) is 8.05. The summed E-state index contributed by atoms with van der Waals surface area (Å²) in [7, 11) is 0.